The molecular weight excluding hydrogens is 350 g/mol. The van der Waals surface area contributed by atoms with E-state index in [4.69, 9.17) is 4.74 Å². The van der Waals surface area contributed by atoms with Crippen LogP contribution in [-0.2, 0) is 9.53 Å². The number of oxime groups is 1. The molecule has 1 aromatic rings. The summed E-state index contributed by atoms with van der Waals surface area (Å²) >= 11 is 0. The standard InChI is InChI=1S/C24H39NO3/c1-4-6-7-8-9-10-11-12-13-16-22(24(26)28-5-2)19-23(25-27)21-17-14-15-20(3)18-21/h14-15,17-18,22,27H,4-13,16,19H2,1-3H3. The maximum Gasteiger partial charge on any atom is 0.309 e. The molecule has 1 rings (SSSR count). The van der Waals surface area contributed by atoms with Crippen molar-refractivity contribution in [3.05, 3.63) is 35.4 Å². The molecule has 0 spiro atoms. The fourth-order valence-electron chi connectivity index (χ4n) is 3.54. The molecule has 1 atom stereocenters. The van der Waals surface area contributed by atoms with Crippen LogP contribution in [0, 0.1) is 12.8 Å². The average Bonchev–Trinajstić information content (AvgIpc) is 2.69. The van der Waals surface area contributed by atoms with Crippen LogP contribution >= 0.6 is 0 Å². The van der Waals surface area contributed by atoms with Crippen LogP contribution in [0.1, 0.15) is 95.6 Å². The Bertz CT molecular complexity index is 583. The lowest BCUT2D eigenvalue weighted by atomic mass is 9.92. The Labute approximate surface area is 171 Å². The largest absolute Gasteiger partial charge is 0.466 e. The predicted octanol–water partition coefficient (Wildman–Crippen LogP) is 6.66. The molecule has 1 unspecified atom stereocenters. The van der Waals surface area contributed by atoms with E-state index in [2.05, 4.69) is 12.1 Å². The highest BCUT2D eigenvalue weighted by molar-refractivity contribution is 6.02. The molecule has 4 nitrogen and oxygen atoms in total. The van der Waals surface area contributed by atoms with Crippen molar-refractivity contribution in [1.82, 2.24) is 0 Å². The summed E-state index contributed by atoms with van der Waals surface area (Å²) in [5.41, 5.74) is 2.52. The molecule has 158 valence electrons. The van der Waals surface area contributed by atoms with Crippen LogP contribution in [0.3, 0.4) is 0 Å². The van der Waals surface area contributed by atoms with Gasteiger partial charge in [0.1, 0.15) is 0 Å². The lowest BCUT2D eigenvalue weighted by Gasteiger charge is -2.16. The van der Waals surface area contributed by atoms with Crippen LogP contribution in [0.4, 0.5) is 0 Å². The molecular formula is C24H39NO3. The fraction of sp³-hybridized carbons (Fsp3) is 0.667. The van der Waals surface area contributed by atoms with Gasteiger partial charge in [-0.1, -0.05) is 99.7 Å². The van der Waals surface area contributed by atoms with E-state index in [0.717, 1.165) is 30.4 Å². The monoisotopic (exact) mass is 389 g/mol. The minimum atomic E-state index is -0.254. The molecule has 0 aliphatic carbocycles. The Balaban J connectivity index is 2.49. The molecule has 0 bridgehead atoms. The van der Waals surface area contributed by atoms with Crippen LogP contribution in [0.5, 0.6) is 0 Å². The number of esters is 1. The van der Waals surface area contributed by atoms with Gasteiger partial charge in [-0.3, -0.25) is 4.79 Å². The van der Waals surface area contributed by atoms with Crippen molar-refractivity contribution in [3.63, 3.8) is 0 Å². The third-order valence-electron chi connectivity index (χ3n) is 5.19. The smallest absolute Gasteiger partial charge is 0.309 e. The molecule has 4 heteroatoms. The highest BCUT2D eigenvalue weighted by Gasteiger charge is 2.23. The summed E-state index contributed by atoms with van der Waals surface area (Å²) < 4.78 is 5.27. The number of rotatable bonds is 15. The number of hydrogen-bond donors (Lipinski definition) is 1. The predicted molar refractivity (Wildman–Crippen MR) is 116 cm³/mol. The molecule has 0 saturated heterocycles. The van der Waals surface area contributed by atoms with Gasteiger partial charge in [-0.05, 0) is 25.8 Å². The van der Waals surface area contributed by atoms with Crippen molar-refractivity contribution in [2.75, 3.05) is 6.61 Å². The normalized spacial score (nSPS) is 12.8. The zero-order valence-electron chi connectivity index (χ0n) is 18.1. The fourth-order valence-corrected chi connectivity index (χ4v) is 3.54. The zero-order valence-corrected chi connectivity index (χ0v) is 18.1. The number of unbranched alkanes of at least 4 members (excludes halogenated alkanes) is 8. The van der Waals surface area contributed by atoms with Crippen LogP contribution in [0.15, 0.2) is 29.4 Å². The second kappa shape index (κ2) is 15.1. The summed E-state index contributed by atoms with van der Waals surface area (Å²) in [5.74, 6) is -0.438. The van der Waals surface area contributed by atoms with Crippen molar-refractivity contribution >= 4 is 11.7 Å². The Kier molecular flexibility index (Phi) is 13.1. The third kappa shape index (κ3) is 9.91. The number of nitrogens with zero attached hydrogens (tertiary/aromatic N) is 1. The van der Waals surface area contributed by atoms with Gasteiger partial charge in [-0.2, -0.15) is 0 Å². The number of ether oxygens (including phenoxy) is 1. The highest BCUT2D eigenvalue weighted by atomic mass is 16.5. The van der Waals surface area contributed by atoms with Gasteiger partial charge in [-0.25, -0.2) is 0 Å². The maximum absolute atomic E-state index is 12.4. The third-order valence-corrected chi connectivity index (χ3v) is 5.19. The van der Waals surface area contributed by atoms with Crippen LogP contribution in [-0.4, -0.2) is 23.5 Å². The summed E-state index contributed by atoms with van der Waals surface area (Å²) in [6.07, 6.45) is 12.5. The molecule has 0 amide bonds. The molecule has 1 aromatic carbocycles. The topological polar surface area (TPSA) is 58.9 Å². The highest BCUT2D eigenvalue weighted by Crippen LogP contribution is 2.21. The lowest BCUT2D eigenvalue weighted by Crippen LogP contribution is -2.22. The molecule has 0 saturated carbocycles. The second-order valence-corrected chi connectivity index (χ2v) is 7.69. The first-order valence-electron chi connectivity index (χ1n) is 11.1. The quantitative estimate of drug-likeness (QED) is 0.120. The van der Waals surface area contributed by atoms with Gasteiger partial charge in [0, 0.05) is 6.42 Å². The van der Waals surface area contributed by atoms with Crippen molar-refractivity contribution in [1.29, 1.82) is 0 Å². The molecule has 0 aliphatic heterocycles. The van der Waals surface area contributed by atoms with Gasteiger partial charge in [0.05, 0.1) is 18.2 Å². The van der Waals surface area contributed by atoms with Crippen molar-refractivity contribution < 1.29 is 14.7 Å². The molecule has 0 fully saturated rings. The number of aryl methyl sites for hydroxylation is 1. The van der Waals surface area contributed by atoms with E-state index in [1.807, 2.05) is 38.1 Å². The number of carbonyl (C=O) groups excluding carboxylic acids is 1. The Morgan fingerprint density at radius 2 is 1.68 bits per heavy atom. The van der Waals surface area contributed by atoms with Gasteiger partial charge in [0.2, 0.25) is 0 Å². The van der Waals surface area contributed by atoms with E-state index in [1.165, 1.54) is 44.9 Å². The van der Waals surface area contributed by atoms with Crippen molar-refractivity contribution in [3.8, 4) is 0 Å². The Hall–Kier alpha value is -1.84. The van der Waals surface area contributed by atoms with Gasteiger partial charge in [0.25, 0.3) is 0 Å². The SMILES string of the molecule is CCCCCCCCCCCC(CC(=NO)c1cccc(C)c1)C(=O)OCC. The summed E-state index contributed by atoms with van der Waals surface area (Å²) in [4.78, 5) is 12.4. The van der Waals surface area contributed by atoms with Gasteiger partial charge in [-0.15, -0.1) is 0 Å². The molecule has 0 aliphatic rings. The van der Waals surface area contributed by atoms with Gasteiger partial charge in [0.15, 0.2) is 0 Å². The second-order valence-electron chi connectivity index (χ2n) is 7.69. The molecule has 1 N–H and O–H groups in total. The first-order chi connectivity index (χ1) is 13.6. The minimum Gasteiger partial charge on any atom is -0.466 e. The van der Waals surface area contributed by atoms with Crippen molar-refractivity contribution in [2.45, 2.75) is 91.4 Å². The Morgan fingerprint density at radius 3 is 2.25 bits per heavy atom. The van der Waals surface area contributed by atoms with Gasteiger partial charge < -0.3 is 9.94 Å². The molecule has 0 heterocycles. The number of hydrogen-bond acceptors (Lipinski definition) is 4. The van der Waals surface area contributed by atoms with E-state index in [9.17, 15) is 10.0 Å². The van der Waals surface area contributed by atoms with Crippen LogP contribution in [0.25, 0.3) is 0 Å². The van der Waals surface area contributed by atoms with E-state index >= 15 is 0 Å². The van der Waals surface area contributed by atoms with E-state index in [1.54, 1.807) is 0 Å². The van der Waals surface area contributed by atoms with E-state index < -0.39 is 0 Å². The lowest BCUT2D eigenvalue weighted by molar-refractivity contribution is -0.148. The summed E-state index contributed by atoms with van der Waals surface area (Å²) in [6, 6.07) is 7.85. The summed E-state index contributed by atoms with van der Waals surface area (Å²) in [5, 5.41) is 13.0. The first kappa shape index (κ1) is 24.2. The van der Waals surface area contributed by atoms with Crippen molar-refractivity contribution in [2.24, 2.45) is 11.1 Å². The Morgan fingerprint density at radius 1 is 1.04 bits per heavy atom. The van der Waals surface area contributed by atoms with Gasteiger partial charge >= 0.3 is 5.97 Å². The van der Waals surface area contributed by atoms with Crippen LogP contribution < -0.4 is 0 Å². The van der Waals surface area contributed by atoms with E-state index in [-0.39, 0.29) is 11.9 Å². The first-order valence-corrected chi connectivity index (χ1v) is 11.1. The van der Waals surface area contributed by atoms with E-state index in [0.29, 0.717) is 18.7 Å². The summed E-state index contributed by atoms with van der Waals surface area (Å²) in [6.45, 7) is 6.45. The molecule has 0 aromatic heterocycles. The zero-order chi connectivity index (χ0) is 20.6. The number of benzene rings is 1. The average molecular weight is 390 g/mol. The maximum atomic E-state index is 12.4. The molecule has 0 radical (unpaired) electrons. The minimum absolute atomic E-state index is 0.184. The summed E-state index contributed by atoms with van der Waals surface area (Å²) in [7, 11) is 0. The number of carbonyl (C=O) groups is 1. The molecule has 28 heavy (non-hydrogen) atoms. The van der Waals surface area contributed by atoms with Crippen LogP contribution in [0.2, 0.25) is 0 Å².